The second-order valence-electron chi connectivity index (χ2n) is 4.30. The monoisotopic (exact) mass is 235 g/mol. The van der Waals surface area contributed by atoms with Crippen molar-refractivity contribution in [2.45, 2.75) is 24.9 Å². The molecule has 1 fully saturated rings. The quantitative estimate of drug-likeness (QED) is 0.610. The number of rotatable bonds is 3. The van der Waals surface area contributed by atoms with Gasteiger partial charge in [0.15, 0.2) is 0 Å². The number of hydrogen-bond donors (Lipinski definition) is 4. The molecule has 1 aliphatic heterocycles. The van der Waals surface area contributed by atoms with Crippen LogP contribution in [-0.4, -0.2) is 22.7 Å². The van der Waals surface area contributed by atoms with Gasteiger partial charge in [-0.1, -0.05) is 12.7 Å². The molecular formula is C12H17N3O2. The van der Waals surface area contributed by atoms with Crippen molar-refractivity contribution in [3.05, 3.63) is 34.1 Å². The van der Waals surface area contributed by atoms with Crippen molar-refractivity contribution in [1.82, 2.24) is 10.3 Å². The molecular weight excluding hydrogens is 218 g/mol. The summed E-state index contributed by atoms with van der Waals surface area (Å²) in [5.41, 5.74) is 6.88. The fourth-order valence-corrected chi connectivity index (χ4v) is 2.21. The fraction of sp³-hybridized carbons (Fsp3) is 0.417. The molecule has 1 aromatic heterocycles. The Kier molecular flexibility index (Phi) is 3.31. The molecule has 5 nitrogen and oxygen atoms in total. The van der Waals surface area contributed by atoms with Gasteiger partial charge in [-0.3, -0.25) is 4.79 Å². The van der Waals surface area contributed by atoms with Crippen LogP contribution < -0.4 is 16.6 Å². The van der Waals surface area contributed by atoms with Gasteiger partial charge in [0.25, 0.3) is 5.56 Å². The molecule has 1 aromatic rings. The highest BCUT2D eigenvalue weighted by Crippen LogP contribution is 2.25. The molecule has 5 N–H and O–H groups in total. The van der Waals surface area contributed by atoms with Gasteiger partial charge in [-0.25, -0.2) is 0 Å². The number of aromatic amines is 1. The zero-order valence-electron chi connectivity index (χ0n) is 9.57. The van der Waals surface area contributed by atoms with Crippen LogP contribution in [0.25, 0.3) is 6.08 Å². The maximum Gasteiger partial charge on any atom is 0.254 e. The zero-order valence-corrected chi connectivity index (χ0v) is 9.57. The predicted octanol–water partition coefficient (Wildman–Crippen LogP) is 0.385. The number of aromatic nitrogens is 1. The minimum Gasteiger partial charge on any atom is -0.395 e. The third kappa shape index (κ3) is 2.25. The minimum absolute atomic E-state index is 0.0183. The van der Waals surface area contributed by atoms with Crippen LogP contribution in [0.1, 0.15) is 30.0 Å². The molecule has 1 saturated heterocycles. The van der Waals surface area contributed by atoms with E-state index in [-0.39, 0.29) is 24.2 Å². The van der Waals surface area contributed by atoms with Gasteiger partial charge in [-0.05, 0) is 18.9 Å². The van der Waals surface area contributed by atoms with E-state index in [4.69, 9.17) is 10.8 Å². The first-order valence-electron chi connectivity index (χ1n) is 5.67. The number of pyridine rings is 1. The average molecular weight is 235 g/mol. The number of aliphatic hydroxyl groups is 1. The summed E-state index contributed by atoms with van der Waals surface area (Å²) in [5, 5.41) is 12.3. The second-order valence-corrected chi connectivity index (χ2v) is 4.30. The summed E-state index contributed by atoms with van der Waals surface area (Å²) in [6.45, 7) is 3.75. The van der Waals surface area contributed by atoms with Crippen molar-refractivity contribution < 1.29 is 5.11 Å². The Hall–Kier alpha value is -1.59. The smallest absolute Gasteiger partial charge is 0.254 e. The van der Waals surface area contributed by atoms with Crippen LogP contribution >= 0.6 is 0 Å². The lowest BCUT2D eigenvalue weighted by atomic mass is 10.0. The largest absolute Gasteiger partial charge is 0.395 e. The molecule has 0 aromatic carbocycles. The van der Waals surface area contributed by atoms with Crippen LogP contribution in [0.2, 0.25) is 0 Å². The predicted molar refractivity (Wildman–Crippen MR) is 67.6 cm³/mol. The maximum atomic E-state index is 11.8. The summed E-state index contributed by atoms with van der Waals surface area (Å²) in [6, 6.07) is 1.82. The summed E-state index contributed by atoms with van der Waals surface area (Å²) in [7, 11) is 0. The van der Waals surface area contributed by atoms with E-state index in [0.717, 1.165) is 18.4 Å². The Bertz CT molecular complexity index is 481. The molecule has 0 saturated carbocycles. The number of aliphatic hydroxyl groups excluding tert-OH is 1. The van der Waals surface area contributed by atoms with Gasteiger partial charge in [0.1, 0.15) is 5.82 Å². The van der Waals surface area contributed by atoms with E-state index < -0.39 is 0 Å². The summed E-state index contributed by atoms with van der Waals surface area (Å²) in [6.07, 6.45) is 3.33. The summed E-state index contributed by atoms with van der Waals surface area (Å²) in [5.74, 6) is 0.338. The summed E-state index contributed by atoms with van der Waals surface area (Å²) >= 11 is 0. The lowest BCUT2D eigenvalue weighted by Gasteiger charge is -2.13. The molecule has 0 amide bonds. The number of nitrogens with two attached hydrogens (primary N) is 1. The number of anilines is 1. The molecule has 1 aliphatic rings. The van der Waals surface area contributed by atoms with Crippen LogP contribution in [0, 0.1) is 0 Å². The molecule has 5 heteroatoms. The van der Waals surface area contributed by atoms with E-state index in [0.29, 0.717) is 11.4 Å². The van der Waals surface area contributed by atoms with Gasteiger partial charge < -0.3 is 21.1 Å². The molecule has 2 heterocycles. The van der Waals surface area contributed by atoms with Crippen molar-refractivity contribution in [1.29, 1.82) is 0 Å². The van der Waals surface area contributed by atoms with E-state index in [1.165, 1.54) is 0 Å². The van der Waals surface area contributed by atoms with Crippen molar-refractivity contribution in [3.8, 4) is 0 Å². The topological polar surface area (TPSA) is 91.1 Å². The van der Waals surface area contributed by atoms with Crippen molar-refractivity contribution in [2.75, 3.05) is 12.3 Å². The molecule has 2 rings (SSSR count). The first-order chi connectivity index (χ1) is 8.15. The molecule has 0 bridgehead atoms. The highest BCUT2D eigenvalue weighted by atomic mass is 16.3. The first-order valence-corrected chi connectivity index (χ1v) is 5.67. The minimum atomic E-state index is -0.177. The fourth-order valence-electron chi connectivity index (χ4n) is 2.21. The number of H-pyrrole nitrogens is 1. The Morgan fingerprint density at radius 2 is 2.35 bits per heavy atom. The highest BCUT2D eigenvalue weighted by molar-refractivity contribution is 5.60. The molecule has 2 atom stereocenters. The number of nitrogens with one attached hydrogen (secondary N) is 2. The highest BCUT2D eigenvalue weighted by Gasteiger charge is 2.26. The first kappa shape index (κ1) is 11.9. The van der Waals surface area contributed by atoms with Gasteiger partial charge in [-0.15, -0.1) is 0 Å². The lowest BCUT2D eigenvalue weighted by molar-refractivity contribution is 0.251. The Morgan fingerprint density at radius 1 is 1.59 bits per heavy atom. The Balaban J connectivity index is 2.33. The third-order valence-electron chi connectivity index (χ3n) is 3.19. The third-order valence-corrected chi connectivity index (χ3v) is 3.19. The van der Waals surface area contributed by atoms with Crippen LogP contribution in [-0.2, 0) is 0 Å². The van der Waals surface area contributed by atoms with E-state index in [1.807, 2.05) is 0 Å². The van der Waals surface area contributed by atoms with Crippen LogP contribution in [0.5, 0.6) is 0 Å². The van der Waals surface area contributed by atoms with E-state index in [9.17, 15) is 4.79 Å². The molecule has 2 unspecified atom stereocenters. The zero-order chi connectivity index (χ0) is 12.4. The molecule has 92 valence electrons. The Labute approximate surface area is 99.4 Å². The van der Waals surface area contributed by atoms with Gasteiger partial charge in [0, 0.05) is 23.2 Å². The van der Waals surface area contributed by atoms with Crippen LogP contribution in [0.4, 0.5) is 5.82 Å². The second kappa shape index (κ2) is 4.73. The molecule has 17 heavy (non-hydrogen) atoms. The summed E-state index contributed by atoms with van der Waals surface area (Å²) < 4.78 is 0. The van der Waals surface area contributed by atoms with Crippen molar-refractivity contribution >= 4 is 11.9 Å². The van der Waals surface area contributed by atoms with E-state index in [2.05, 4.69) is 16.9 Å². The standard InChI is InChI=1S/C12H17N3O2/c1-2-7-5-9(12(17)15-11(7)13)10-4-3-8(6-16)14-10/h2,5,8,10,14,16H,1,3-4,6H2,(H3,13,15,17). The lowest BCUT2D eigenvalue weighted by Crippen LogP contribution is -2.30. The normalized spacial score (nSPS) is 23.8. The Morgan fingerprint density at radius 3 is 2.94 bits per heavy atom. The van der Waals surface area contributed by atoms with E-state index in [1.54, 1.807) is 12.1 Å². The SMILES string of the molecule is C=Cc1cc(C2CCC(CO)N2)c(=O)[nH]c1N. The van der Waals surface area contributed by atoms with Gasteiger partial charge in [0.2, 0.25) is 0 Å². The van der Waals surface area contributed by atoms with Gasteiger partial charge in [0.05, 0.1) is 6.61 Å². The maximum absolute atomic E-state index is 11.8. The van der Waals surface area contributed by atoms with Gasteiger partial charge in [-0.2, -0.15) is 0 Å². The summed E-state index contributed by atoms with van der Waals surface area (Å²) in [4.78, 5) is 14.4. The molecule has 0 spiro atoms. The van der Waals surface area contributed by atoms with Crippen molar-refractivity contribution in [3.63, 3.8) is 0 Å². The molecule has 0 aliphatic carbocycles. The van der Waals surface area contributed by atoms with E-state index >= 15 is 0 Å². The van der Waals surface area contributed by atoms with Gasteiger partial charge >= 0.3 is 0 Å². The average Bonchev–Trinajstić information content (AvgIpc) is 2.78. The van der Waals surface area contributed by atoms with Crippen LogP contribution in [0.15, 0.2) is 17.4 Å². The van der Waals surface area contributed by atoms with Crippen molar-refractivity contribution in [2.24, 2.45) is 0 Å². The molecule has 0 radical (unpaired) electrons. The van der Waals surface area contributed by atoms with Crippen LogP contribution in [0.3, 0.4) is 0 Å². The number of hydrogen-bond acceptors (Lipinski definition) is 4. The number of nitrogen functional groups attached to an aromatic ring is 1.